The first-order chi connectivity index (χ1) is 8.86. The van der Waals surface area contributed by atoms with E-state index in [-0.39, 0.29) is 5.82 Å². The lowest BCUT2D eigenvalue weighted by atomic mass is 10.3. The van der Waals surface area contributed by atoms with Gasteiger partial charge in [0.05, 0.1) is 4.47 Å². The maximum absolute atomic E-state index is 12.6. The van der Waals surface area contributed by atoms with Gasteiger partial charge in [0.15, 0.2) is 0 Å². The molecule has 0 amide bonds. The van der Waals surface area contributed by atoms with Gasteiger partial charge in [0.25, 0.3) is 0 Å². The summed E-state index contributed by atoms with van der Waals surface area (Å²) in [5, 5.41) is 3.34. The minimum absolute atomic E-state index is 0.0946. The SMILES string of the molecule is FC(F)(F)c1ccc(Br)c(Nc2ccc(Cl)cc2)n1. The van der Waals surface area contributed by atoms with Gasteiger partial charge >= 0.3 is 6.18 Å². The average molecular weight is 352 g/mol. The third kappa shape index (κ3) is 3.61. The van der Waals surface area contributed by atoms with Crippen molar-refractivity contribution in [3.8, 4) is 0 Å². The zero-order valence-electron chi connectivity index (χ0n) is 9.30. The molecule has 1 heterocycles. The van der Waals surface area contributed by atoms with Crippen LogP contribution in [-0.2, 0) is 6.18 Å². The highest BCUT2D eigenvalue weighted by Gasteiger charge is 2.32. The smallest absolute Gasteiger partial charge is 0.339 e. The van der Waals surface area contributed by atoms with Gasteiger partial charge in [-0.2, -0.15) is 13.2 Å². The molecule has 0 saturated heterocycles. The van der Waals surface area contributed by atoms with Gasteiger partial charge in [0.2, 0.25) is 0 Å². The van der Waals surface area contributed by atoms with E-state index in [1.807, 2.05) is 0 Å². The van der Waals surface area contributed by atoms with E-state index in [1.165, 1.54) is 6.07 Å². The molecule has 0 aliphatic heterocycles. The summed E-state index contributed by atoms with van der Waals surface area (Å²) >= 11 is 8.88. The van der Waals surface area contributed by atoms with E-state index in [2.05, 4.69) is 26.2 Å². The molecule has 0 aliphatic rings. The van der Waals surface area contributed by atoms with Crippen molar-refractivity contribution in [1.82, 2.24) is 4.98 Å². The maximum atomic E-state index is 12.6. The average Bonchev–Trinajstić information content (AvgIpc) is 2.33. The van der Waals surface area contributed by atoms with Gasteiger partial charge in [-0.3, -0.25) is 0 Å². The fourth-order valence-corrected chi connectivity index (χ4v) is 1.80. The first-order valence-corrected chi connectivity index (χ1v) is 6.30. The van der Waals surface area contributed by atoms with Crippen molar-refractivity contribution in [3.05, 3.63) is 51.6 Å². The van der Waals surface area contributed by atoms with E-state index >= 15 is 0 Å². The molecule has 0 atom stereocenters. The molecular weight excluding hydrogens is 344 g/mol. The minimum atomic E-state index is -4.48. The van der Waals surface area contributed by atoms with Crippen LogP contribution in [0, 0.1) is 0 Å². The molecule has 0 saturated carbocycles. The Hall–Kier alpha value is -1.27. The summed E-state index contributed by atoms with van der Waals surface area (Å²) in [4.78, 5) is 3.55. The highest BCUT2D eigenvalue weighted by Crippen LogP contribution is 2.32. The maximum Gasteiger partial charge on any atom is 0.433 e. The number of halogens is 5. The third-order valence-electron chi connectivity index (χ3n) is 2.24. The second-order valence-corrected chi connectivity index (χ2v) is 4.95. The van der Waals surface area contributed by atoms with Crippen molar-refractivity contribution >= 4 is 39.0 Å². The van der Waals surface area contributed by atoms with Gasteiger partial charge in [-0.05, 0) is 52.3 Å². The van der Waals surface area contributed by atoms with Crippen LogP contribution in [0.2, 0.25) is 5.02 Å². The molecule has 1 aromatic heterocycles. The highest BCUT2D eigenvalue weighted by atomic mass is 79.9. The van der Waals surface area contributed by atoms with E-state index < -0.39 is 11.9 Å². The Morgan fingerprint density at radius 3 is 2.26 bits per heavy atom. The number of hydrogen-bond donors (Lipinski definition) is 1. The molecular formula is C12H7BrClF3N2. The molecule has 1 N–H and O–H groups in total. The molecule has 100 valence electrons. The second-order valence-electron chi connectivity index (χ2n) is 3.66. The van der Waals surface area contributed by atoms with Gasteiger partial charge in [-0.1, -0.05) is 11.6 Å². The predicted molar refractivity (Wildman–Crippen MR) is 71.7 cm³/mol. The Bertz CT molecular complexity index is 585. The molecule has 0 spiro atoms. The third-order valence-corrected chi connectivity index (χ3v) is 3.14. The van der Waals surface area contributed by atoms with Crippen LogP contribution in [0.3, 0.4) is 0 Å². The fraction of sp³-hybridized carbons (Fsp3) is 0.0833. The van der Waals surface area contributed by atoms with Crippen molar-refractivity contribution in [3.63, 3.8) is 0 Å². The fourth-order valence-electron chi connectivity index (χ4n) is 1.36. The number of rotatable bonds is 2. The summed E-state index contributed by atoms with van der Waals surface area (Å²) in [5.41, 5.74) is -0.357. The van der Waals surface area contributed by atoms with Crippen LogP contribution in [0.5, 0.6) is 0 Å². The van der Waals surface area contributed by atoms with Gasteiger partial charge < -0.3 is 5.32 Å². The van der Waals surface area contributed by atoms with Gasteiger partial charge in [-0.25, -0.2) is 4.98 Å². The standard InChI is InChI=1S/C12H7BrClF3N2/c13-9-5-6-10(12(15,16)17)19-11(9)18-8-3-1-7(14)2-4-8/h1-6H,(H,18,19). The molecule has 0 radical (unpaired) electrons. The zero-order valence-corrected chi connectivity index (χ0v) is 11.6. The summed E-state index contributed by atoms with van der Waals surface area (Å²) in [6, 6.07) is 8.77. The normalized spacial score (nSPS) is 11.4. The topological polar surface area (TPSA) is 24.9 Å². The Kier molecular flexibility index (Phi) is 4.01. The quantitative estimate of drug-likeness (QED) is 0.798. The lowest BCUT2D eigenvalue weighted by Gasteiger charge is -2.11. The van der Waals surface area contributed by atoms with Crippen molar-refractivity contribution in [2.45, 2.75) is 6.18 Å². The van der Waals surface area contributed by atoms with Crippen LogP contribution in [-0.4, -0.2) is 4.98 Å². The number of pyridine rings is 1. The lowest BCUT2D eigenvalue weighted by Crippen LogP contribution is -2.09. The summed E-state index contributed by atoms with van der Waals surface area (Å²) in [5.74, 6) is 0.0946. The van der Waals surface area contributed by atoms with E-state index in [0.717, 1.165) is 6.07 Å². The summed E-state index contributed by atoms with van der Waals surface area (Å²) in [6.45, 7) is 0. The largest absolute Gasteiger partial charge is 0.433 e. The van der Waals surface area contributed by atoms with Gasteiger partial charge in [0.1, 0.15) is 11.5 Å². The number of nitrogens with zero attached hydrogens (tertiary/aromatic N) is 1. The van der Waals surface area contributed by atoms with Gasteiger partial charge in [-0.15, -0.1) is 0 Å². The first kappa shape index (κ1) is 14.1. The van der Waals surface area contributed by atoms with E-state index in [0.29, 0.717) is 15.2 Å². The van der Waals surface area contributed by atoms with Gasteiger partial charge in [0, 0.05) is 10.7 Å². The van der Waals surface area contributed by atoms with Crippen LogP contribution < -0.4 is 5.32 Å². The van der Waals surface area contributed by atoms with E-state index in [1.54, 1.807) is 24.3 Å². The summed E-state index contributed by atoms with van der Waals surface area (Å²) < 4.78 is 38.1. The molecule has 1 aromatic carbocycles. The number of alkyl halides is 3. The minimum Gasteiger partial charge on any atom is -0.339 e. The van der Waals surface area contributed by atoms with Crippen LogP contribution >= 0.6 is 27.5 Å². The monoisotopic (exact) mass is 350 g/mol. The molecule has 7 heteroatoms. The molecule has 0 unspecified atom stereocenters. The molecule has 19 heavy (non-hydrogen) atoms. The molecule has 0 aliphatic carbocycles. The Morgan fingerprint density at radius 2 is 1.68 bits per heavy atom. The van der Waals surface area contributed by atoms with E-state index in [4.69, 9.17) is 11.6 Å². The molecule has 0 bridgehead atoms. The highest BCUT2D eigenvalue weighted by molar-refractivity contribution is 9.10. The van der Waals surface area contributed by atoms with Crippen molar-refractivity contribution < 1.29 is 13.2 Å². The molecule has 0 fully saturated rings. The van der Waals surface area contributed by atoms with Crippen LogP contribution in [0.15, 0.2) is 40.9 Å². The van der Waals surface area contributed by atoms with Crippen LogP contribution in [0.25, 0.3) is 0 Å². The molecule has 2 aromatic rings. The second kappa shape index (κ2) is 5.38. The lowest BCUT2D eigenvalue weighted by molar-refractivity contribution is -0.141. The zero-order chi connectivity index (χ0) is 14.0. The van der Waals surface area contributed by atoms with Crippen molar-refractivity contribution in [1.29, 1.82) is 0 Å². The van der Waals surface area contributed by atoms with E-state index in [9.17, 15) is 13.2 Å². The number of anilines is 2. The number of hydrogen-bond acceptors (Lipinski definition) is 2. The Balaban J connectivity index is 2.31. The van der Waals surface area contributed by atoms with Crippen LogP contribution in [0.4, 0.5) is 24.7 Å². The predicted octanol–water partition coefficient (Wildman–Crippen LogP) is 5.26. The Morgan fingerprint density at radius 1 is 1.05 bits per heavy atom. The number of aromatic nitrogens is 1. The molecule has 2 nitrogen and oxygen atoms in total. The number of nitrogens with one attached hydrogen (secondary N) is 1. The van der Waals surface area contributed by atoms with Crippen molar-refractivity contribution in [2.24, 2.45) is 0 Å². The number of benzene rings is 1. The summed E-state index contributed by atoms with van der Waals surface area (Å²) in [6.07, 6.45) is -4.48. The Labute approximate surface area is 120 Å². The molecule has 2 rings (SSSR count). The van der Waals surface area contributed by atoms with Crippen LogP contribution in [0.1, 0.15) is 5.69 Å². The first-order valence-electron chi connectivity index (χ1n) is 5.12. The summed E-state index contributed by atoms with van der Waals surface area (Å²) in [7, 11) is 0. The van der Waals surface area contributed by atoms with Crippen molar-refractivity contribution in [2.75, 3.05) is 5.32 Å².